The zero-order valence-electron chi connectivity index (χ0n) is 14.9. The van der Waals surface area contributed by atoms with Crippen molar-refractivity contribution >= 4 is 5.78 Å². The third-order valence-electron chi connectivity index (χ3n) is 4.08. The average molecular weight is 373 g/mol. The van der Waals surface area contributed by atoms with Gasteiger partial charge in [0.05, 0.1) is 6.10 Å². The first-order valence-electron chi connectivity index (χ1n) is 8.71. The number of Topliss-reactive ketones (excluding diaryl/α,β-unsaturated/α-hetero) is 1. The number of benzene rings is 1. The van der Waals surface area contributed by atoms with Crippen molar-refractivity contribution in [2.45, 2.75) is 45.1 Å². The number of aliphatic hydroxyl groups excluding tert-OH is 1. The zero-order valence-corrected chi connectivity index (χ0v) is 14.9. The van der Waals surface area contributed by atoms with Crippen molar-refractivity contribution in [3.8, 4) is 11.5 Å². The van der Waals surface area contributed by atoms with E-state index >= 15 is 0 Å². The van der Waals surface area contributed by atoms with Crippen LogP contribution in [0.3, 0.4) is 0 Å². The van der Waals surface area contributed by atoms with Gasteiger partial charge in [-0.15, -0.1) is 0 Å². The van der Waals surface area contributed by atoms with E-state index < -0.39 is 6.10 Å². The van der Waals surface area contributed by atoms with Crippen LogP contribution in [0.2, 0.25) is 0 Å². The van der Waals surface area contributed by atoms with Crippen LogP contribution in [0.1, 0.15) is 49.2 Å². The van der Waals surface area contributed by atoms with Gasteiger partial charge in [-0.1, -0.05) is 5.16 Å². The number of carbonyl (C=O) groups excluding carboxylic acids is 1. The summed E-state index contributed by atoms with van der Waals surface area (Å²) in [6.07, 6.45) is 2.62. The van der Waals surface area contributed by atoms with Crippen LogP contribution in [0.15, 0.2) is 39.5 Å². The fraction of sp³-hybridized carbons (Fsp3) is 0.368. The number of nitrogens with zero attached hydrogens (tertiary/aromatic N) is 3. The van der Waals surface area contributed by atoms with Gasteiger partial charge in [0.15, 0.2) is 5.82 Å². The maximum absolute atomic E-state index is 13.0. The molecule has 7 nitrogen and oxygen atoms in total. The standard InChI is InChI=1S/C19H20FN3O4/c1-12-21-18(23-27-12)10-9-15(24)3-2-4-17(25)16-11-26-19(22-16)13-5-7-14(20)8-6-13/h5-8,11,17,25H,2-4,9-10H2,1H3. The number of oxazole rings is 1. The van der Waals surface area contributed by atoms with Gasteiger partial charge in [0, 0.05) is 31.7 Å². The van der Waals surface area contributed by atoms with Gasteiger partial charge >= 0.3 is 0 Å². The van der Waals surface area contributed by atoms with Gasteiger partial charge in [-0.05, 0) is 37.1 Å². The Morgan fingerprint density at radius 3 is 2.70 bits per heavy atom. The van der Waals surface area contributed by atoms with E-state index in [4.69, 9.17) is 8.94 Å². The summed E-state index contributed by atoms with van der Waals surface area (Å²) in [5, 5.41) is 14.0. The Balaban J connectivity index is 1.43. The second-order valence-electron chi connectivity index (χ2n) is 6.26. The van der Waals surface area contributed by atoms with E-state index in [2.05, 4.69) is 15.1 Å². The van der Waals surface area contributed by atoms with Crippen LogP contribution in [0.4, 0.5) is 4.39 Å². The van der Waals surface area contributed by atoms with Crippen molar-refractivity contribution in [1.29, 1.82) is 0 Å². The van der Waals surface area contributed by atoms with Crippen molar-refractivity contribution in [3.63, 3.8) is 0 Å². The molecule has 0 fully saturated rings. The zero-order chi connectivity index (χ0) is 19.2. The molecule has 27 heavy (non-hydrogen) atoms. The van der Waals surface area contributed by atoms with Crippen LogP contribution in [0, 0.1) is 12.7 Å². The molecule has 2 heterocycles. The van der Waals surface area contributed by atoms with E-state index in [-0.39, 0.29) is 11.6 Å². The summed E-state index contributed by atoms with van der Waals surface area (Å²) in [6, 6.07) is 5.75. The molecule has 2 aromatic heterocycles. The van der Waals surface area contributed by atoms with E-state index in [1.807, 2.05) is 0 Å². The number of rotatable bonds is 9. The monoisotopic (exact) mass is 373 g/mol. The molecule has 0 saturated carbocycles. The molecule has 0 spiro atoms. The number of hydrogen-bond acceptors (Lipinski definition) is 7. The quantitative estimate of drug-likeness (QED) is 0.611. The first-order valence-corrected chi connectivity index (χ1v) is 8.71. The summed E-state index contributed by atoms with van der Waals surface area (Å²) in [5.41, 5.74) is 1.02. The molecule has 0 aliphatic heterocycles. The van der Waals surface area contributed by atoms with Crippen LogP contribution in [0.25, 0.3) is 11.5 Å². The minimum absolute atomic E-state index is 0.0804. The highest BCUT2D eigenvalue weighted by Gasteiger charge is 2.15. The SMILES string of the molecule is Cc1nc(CCC(=O)CCCC(O)c2coc(-c3ccc(F)cc3)n2)no1. The minimum Gasteiger partial charge on any atom is -0.444 e. The van der Waals surface area contributed by atoms with Crippen LogP contribution in [-0.2, 0) is 11.2 Å². The number of hydrogen-bond donors (Lipinski definition) is 1. The number of carbonyl (C=O) groups is 1. The Morgan fingerprint density at radius 1 is 1.22 bits per heavy atom. The molecule has 0 aliphatic carbocycles. The third-order valence-corrected chi connectivity index (χ3v) is 4.08. The predicted molar refractivity (Wildman–Crippen MR) is 93.1 cm³/mol. The maximum atomic E-state index is 13.0. The molecule has 142 valence electrons. The molecule has 1 aromatic carbocycles. The molecule has 1 N–H and O–H groups in total. The topological polar surface area (TPSA) is 102 Å². The van der Waals surface area contributed by atoms with Crippen molar-refractivity contribution in [2.75, 3.05) is 0 Å². The van der Waals surface area contributed by atoms with E-state index in [9.17, 15) is 14.3 Å². The van der Waals surface area contributed by atoms with Gasteiger partial charge in [-0.2, -0.15) is 4.98 Å². The van der Waals surface area contributed by atoms with E-state index in [1.54, 1.807) is 19.1 Å². The Hall–Kier alpha value is -2.87. The van der Waals surface area contributed by atoms with Crippen molar-refractivity contribution < 1.29 is 23.2 Å². The summed E-state index contributed by atoms with van der Waals surface area (Å²) < 4.78 is 23.2. The normalized spacial score (nSPS) is 12.3. The largest absolute Gasteiger partial charge is 0.444 e. The lowest BCUT2D eigenvalue weighted by atomic mass is 10.1. The fourth-order valence-electron chi connectivity index (χ4n) is 2.62. The van der Waals surface area contributed by atoms with Crippen LogP contribution in [-0.4, -0.2) is 26.0 Å². The molecule has 3 rings (SSSR count). The summed E-state index contributed by atoms with van der Waals surface area (Å²) in [5.74, 6) is 1.06. The van der Waals surface area contributed by atoms with Crippen LogP contribution in [0.5, 0.6) is 0 Å². The first-order chi connectivity index (χ1) is 13.0. The smallest absolute Gasteiger partial charge is 0.226 e. The number of aryl methyl sites for hydroxylation is 2. The molecule has 3 aromatic rings. The molecule has 0 aliphatic rings. The van der Waals surface area contributed by atoms with Crippen molar-refractivity contribution in [2.24, 2.45) is 0 Å². The second kappa shape index (κ2) is 8.68. The average Bonchev–Trinajstić information content (AvgIpc) is 3.30. The highest BCUT2D eigenvalue weighted by Crippen LogP contribution is 2.24. The summed E-state index contributed by atoms with van der Waals surface area (Å²) in [7, 11) is 0. The van der Waals surface area contributed by atoms with Crippen molar-refractivity contribution in [1.82, 2.24) is 15.1 Å². The van der Waals surface area contributed by atoms with Gasteiger partial charge in [0.2, 0.25) is 11.8 Å². The molecule has 0 bridgehead atoms. The highest BCUT2D eigenvalue weighted by molar-refractivity contribution is 5.78. The fourth-order valence-corrected chi connectivity index (χ4v) is 2.62. The van der Waals surface area contributed by atoms with Gasteiger partial charge in [-0.25, -0.2) is 9.37 Å². The van der Waals surface area contributed by atoms with Crippen molar-refractivity contribution in [3.05, 3.63) is 53.8 Å². The van der Waals surface area contributed by atoms with Gasteiger partial charge in [-0.3, -0.25) is 4.79 Å². The Labute approximate surface area is 155 Å². The van der Waals surface area contributed by atoms with Crippen LogP contribution >= 0.6 is 0 Å². The lowest BCUT2D eigenvalue weighted by molar-refractivity contribution is -0.119. The Kier molecular flexibility index (Phi) is 6.08. The minimum atomic E-state index is -0.824. The summed E-state index contributed by atoms with van der Waals surface area (Å²) in [6.45, 7) is 1.70. The Morgan fingerprint density at radius 2 is 2.00 bits per heavy atom. The van der Waals surface area contributed by atoms with E-state index in [0.29, 0.717) is 61.0 Å². The number of aromatic nitrogens is 3. The molecule has 0 saturated heterocycles. The molecule has 8 heteroatoms. The summed E-state index contributed by atoms with van der Waals surface area (Å²) in [4.78, 5) is 20.2. The maximum Gasteiger partial charge on any atom is 0.226 e. The first kappa shape index (κ1) is 18.9. The molecule has 1 atom stereocenters. The summed E-state index contributed by atoms with van der Waals surface area (Å²) >= 11 is 0. The van der Waals surface area contributed by atoms with Gasteiger partial charge < -0.3 is 14.0 Å². The second-order valence-corrected chi connectivity index (χ2v) is 6.26. The number of halogens is 1. The molecule has 1 unspecified atom stereocenters. The molecular weight excluding hydrogens is 353 g/mol. The molecule has 0 amide bonds. The third kappa shape index (κ3) is 5.30. The Bertz CT molecular complexity index is 889. The molecule has 0 radical (unpaired) electrons. The van der Waals surface area contributed by atoms with Gasteiger partial charge in [0.1, 0.15) is 23.6 Å². The van der Waals surface area contributed by atoms with E-state index in [1.165, 1.54) is 18.4 Å². The van der Waals surface area contributed by atoms with Crippen LogP contribution < -0.4 is 0 Å². The number of ketones is 1. The lowest BCUT2D eigenvalue weighted by Gasteiger charge is -2.06. The lowest BCUT2D eigenvalue weighted by Crippen LogP contribution is -2.04. The molecular formula is C19H20FN3O4. The van der Waals surface area contributed by atoms with E-state index in [0.717, 1.165) is 0 Å². The predicted octanol–water partition coefficient (Wildman–Crippen LogP) is 3.58. The highest BCUT2D eigenvalue weighted by atomic mass is 19.1. The number of aliphatic hydroxyl groups is 1. The van der Waals surface area contributed by atoms with Gasteiger partial charge in [0.25, 0.3) is 0 Å².